The molecule has 0 unspecified atom stereocenters. The molecule has 0 radical (unpaired) electrons. The molecule has 0 atom stereocenters. The highest BCUT2D eigenvalue weighted by Crippen LogP contribution is 2.42. The van der Waals surface area contributed by atoms with E-state index in [0.29, 0.717) is 5.89 Å². The lowest BCUT2D eigenvalue weighted by Gasteiger charge is -2.25. The lowest BCUT2D eigenvalue weighted by Crippen LogP contribution is -2.09. The van der Waals surface area contributed by atoms with Crippen LogP contribution in [0.3, 0.4) is 0 Å². The van der Waals surface area contributed by atoms with E-state index in [1.807, 2.05) is 36.4 Å². The predicted octanol–water partition coefficient (Wildman–Crippen LogP) is 11.7. The third-order valence-corrected chi connectivity index (χ3v) is 8.47. The van der Waals surface area contributed by atoms with Crippen molar-refractivity contribution in [2.24, 2.45) is 0 Å². The number of para-hydroxylation sites is 1. The molecule has 212 valence electrons. The van der Waals surface area contributed by atoms with E-state index in [-0.39, 0.29) is 0 Å². The van der Waals surface area contributed by atoms with Crippen molar-refractivity contribution in [3.8, 4) is 22.6 Å². The summed E-state index contributed by atoms with van der Waals surface area (Å²) in [6, 6.07) is 54.5. The first-order chi connectivity index (χ1) is 22.3. The zero-order valence-electron chi connectivity index (χ0n) is 24.2. The molecule has 0 N–H and O–H groups in total. The number of hydrogen-bond donors (Lipinski definition) is 0. The van der Waals surface area contributed by atoms with Crippen molar-refractivity contribution in [3.63, 3.8) is 0 Å². The lowest BCUT2D eigenvalue weighted by molar-refractivity contribution is 0.620. The van der Waals surface area contributed by atoms with Crippen LogP contribution in [0.4, 0.5) is 17.1 Å². The number of anilines is 3. The van der Waals surface area contributed by atoms with E-state index in [9.17, 15) is 0 Å². The molecule has 7 aromatic carbocycles. The van der Waals surface area contributed by atoms with Gasteiger partial charge in [0.2, 0.25) is 5.89 Å². The normalized spacial score (nSPS) is 11.6. The highest BCUT2D eigenvalue weighted by molar-refractivity contribution is 6.12. The Balaban J connectivity index is 1.16. The van der Waals surface area contributed by atoms with Crippen LogP contribution in [0.1, 0.15) is 0 Å². The van der Waals surface area contributed by atoms with Gasteiger partial charge in [-0.15, -0.1) is 0 Å². The maximum Gasteiger partial charge on any atom is 0.228 e. The van der Waals surface area contributed by atoms with Gasteiger partial charge in [-0.05, 0) is 82.6 Å². The average Bonchev–Trinajstić information content (AvgIpc) is 3.69. The number of fused-ring (bicyclic) bond motifs is 5. The monoisotopic (exact) mass is 578 g/mol. The molecule has 0 spiro atoms. The third-order valence-electron chi connectivity index (χ3n) is 8.47. The second-order valence-electron chi connectivity index (χ2n) is 11.2. The van der Waals surface area contributed by atoms with Crippen molar-refractivity contribution in [3.05, 3.63) is 158 Å². The van der Waals surface area contributed by atoms with Gasteiger partial charge in [-0.1, -0.05) is 91.0 Å². The van der Waals surface area contributed by atoms with E-state index < -0.39 is 0 Å². The number of furan rings is 1. The average molecular weight is 579 g/mol. The fourth-order valence-electron chi connectivity index (χ4n) is 6.32. The van der Waals surface area contributed by atoms with E-state index in [2.05, 4.69) is 126 Å². The smallest absolute Gasteiger partial charge is 0.228 e. The fraction of sp³-hybridized carbons (Fsp3) is 0. The standard InChI is InChI=1S/C41H26N2O2/c1-3-10-27(11-4-1)28-18-20-32(21-19-28)43(31-14-5-2-6-15-31)33-22-23-34-38(26-33)44-37-17-9-16-35(40(34)37)41-42-36-24-29-12-7-8-13-30(29)25-39(36)45-41/h1-26H. The quantitative estimate of drug-likeness (QED) is 0.204. The van der Waals surface area contributed by atoms with Crippen LogP contribution in [0.15, 0.2) is 167 Å². The number of rotatable bonds is 5. The van der Waals surface area contributed by atoms with Gasteiger partial charge < -0.3 is 13.7 Å². The summed E-state index contributed by atoms with van der Waals surface area (Å²) in [6.45, 7) is 0. The van der Waals surface area contributed by atoms with Crippen molar-refractivity contribution in [1.82, 2.24) is 4.98 Å². The summed E-state index contributed by atoms with van der Waals surface area (Å²) in [5, 5.41) is 4.28. The van der Waals surface area contributed by atoms with Gasteiger partial charge in [-0.2, -0.15) is 0 Å². The van der Waals surface area contributed by atoms with Crippen molar-refractivity contribution in [1.29, 1.82) is 0 Å². The van der Waals surface area contributed by atoms with Crippen molar-refractivity contribution >= 4 is 60.9 Å². The minimum absolute atomic E-state index is 0.585. The topological polar surface area (TPSA) is 42.4 Å². The van der Waals surface area contributed by atoms with Gasteiger partial charge >= 0.3 is 0 Å². The molecular formula is C41H26N2O2. The molecule has 0 bridgehead atoms. The molecule has 0 aliphatic rings. The van der Waals surface area contributed by atoms with Crippen molar-refractivity contribution < 1.29 is 8.83 Å². The Labute approximate surface area is 259 Å². The van der Waals surface area contributed by atoms with Gasteiger partial charge in [0.15, 0.2) is 5.58 Å². The molecule has 2 aromatic heterocycles. The zero-order chi connectivity index (χ0) is 29.7. The van der Waals surface area contributed by atoms with Crippen LogP contribution in [0.25, 0.3) is 66.4 Å². The molecule has 4 heteroatoms. The van der Waals surface area contributed by atoms with Gasteiger partial charge in [-0.25, -0.2) is 4.98 Å². The van der Waals surface area contributed by atoms with Crippen LogP contribution >= 0.6 is 0 Å². The third kappa shape index (κ3) is 4.35. The van der Waals surface area contributed by atoms with Crippen LogP contribution in [-0.4, -0.2) is 4.98 Å². The maximum absolute atomic E-state index is 6.50. The number of hydrogen-bond acceptors (Lipinski definition) is 4. The molecule has 4 nitrogen and oxygen atoms in total. The summed E-state index contributed by atoms with van der Waals surface area (Å²) in [5.41, 5.74) is 9.65. The highest BCUT2D eigenvalue weighted by atomic mass is 16.3. The molecule has 0 aliphatic carbocycles. The van der Waals surface area contributed by atoms with Crippen LogP contribution in [0.5, 0.6) is 0 Å². The van der Waals surface area contributed by atoms with Crippen LogP contribution in [-0.2, 0) is 0 Å². The molecule has 2 heterocycles. The summed E-state index contributed by atoms with van der Waals surface area (Å²) in [4.78, 5) is 7.16. The van der Waals surface area contributed by atoms with Crippen LogP contribution < -0.4 is 4.90 Å². The van der Waals surface area contributed by atoms with Gasteiger partial charge in [0, 0.05) is 39.5 Å². The summed E-state index contributed by atoms with van der Waals surface area (Å²) >= 11 is 0. The summed E-state index contributed by atoms with van der Waals surface area (Å²) in [7, 11) is 0. The molecule has 9 rings (SSSR count). The minimum atomic E-state index is 0.585. The first-order valence-corrected chi connectivity index (χ1v) is 15.0. The van der Waals surface area contributed by atoms with Crippen molar-refractivity contribution in [2.75, 3.05) is 4.90 Å². The second kappa shape index (κ2) is 10.2. The largest absolute Gasteiger partial charge is 0.456 e. The van der Waals surface area contributed by atoms with E-state index in [0.717, 1.165) is 66.4 Å². The Morgan fingerprint density at radius 3 is 1.91 bits per heavy atom. The SMILES string of the molecule is c1ccc(-c2ccc(N(c3ccccc3)c3ccc4c(c3)oc3cccc(-c5nc6cc7ccccc7cc6o5)c34)cc2)cc1. The number of benzene rings is 7. The Kier molecular flexibility index (Phi) is 5.78. The molecule has 9 aromatic rings. The Hall–Kier alpha value is -6.13. The van der Waals surface area contributed by atoms with E-state index in [1.165, 1.54) is 11.1 Å². The number of nitrogens with zero attached hydrogens (tertiary/aromatic N) is 2. The molecule has 0 saturated carbocycles. The van der Waals surface area contributed by atoms with E-state index in [4.69, 9.17) is 13.8 Å². The summed E-state index contributed by atoms with van der Waals surface area (Å²) < 4.78 is 12.8. The summed E-state index contributed by atoms with van der Waals surface area (Å²) in [6.07, 6.45) is 0. The fourth-order valence-corrected chi connectivity index (χ4v) is 6.32. The Bertz CT molecular complexity index is 2420. The summed E-state index contributed by atoms with van der Waals surface area (Å²) in [5.74, 6) is 0.585. The lowest BCUT2D eigenvalue weighted by atomic mass is 10.0. The number of aromatic nitrogens is 1. The Morgan fingerprint density at radius 1 is 0.444 bits per heavy atom. The van der Waals surface area contributed by atoms with Gasteiger partial charge in [0.05, 0.1) is 0 Å². The zero-order valence-corrected chi connectivity index (χ0v) is 24.2. The van der Waals surface area contributed by atoms with Gasteiger partial charge in [-0.3, -0.25) is 0 Å². The van der Waals surface area contributed by atoms with E-state index >= 15 is 0 Å². The predicted molar refractivity (Wildman–Crippen MR) is 184 cm³/mol. The van der Waals surface area contributed by atoms with Crippen LogP contribution in [0.2, 0.25) is 0 Å². The molecule has 45 heavy (non-hydrogen) atoms. The molecule has 0 amide bonds. The molecule has 0 saturated heterocycles. The second-order valence-corrected chi connectivity index (χ2v) is 11.2. The molecule has 0 aliphatic heterocycles. The highest BCUT2D eigenvalue weighted by Gasteiger charge is 2.19. The first-order valence-electron chi connectivity index (χ1n) is 15.0. The van der Waals surface area contributed by atoms with Crippen LogP contribution in [0, 0.1) is 0 Å². The van der Waals surface area contributed by atoms with E-state index in [1.54, 1.807) is 0 Å². The van der Waals surface area contributed by atoms with Gasteiger partial charge in [0.25, 0.3) is 0 Å². The minimum Gasteiger partial charge on any atom is -0.456 e. The number of oxazole rings is 1. The molecule has 0 fully saturated rings. The first kappa shape index (κ1) is 25.4. The molecular weight excluding hydrogens is 552 g/mol. The Morgan fingerprint density at radius 2 is 1.11 bits per heavy atom. The van der Waals surface area contributed by atoms with Crippen molar-refractivity contribution in [2.45, 2.75) is 0 Å². The van der Waals surface area contributed by atoms with Gasteiger partial charge in [0.1, 0.15) is 16.7 Å². The maximum atomic E-state index is 6.50.